The van der Waals surface area contributed by atoms with Gasteiger partial charge in [-0.1, -0.05) is 35.9 Å². The lowest BCUT2D eigenvalue weighted by molar-refractivity contribution is -0.0415. The van der Waals surface area contributed by atoms with Crippen LogP contribution in [0.25, 0.3) is 11.1 Å². The average molecular weight is 436 g/mol. The molecule has 1 N–H and O–H groups in total. The Bertz CT molecular complexity index is 913. The molecule has 1 heterocycles. The predicted molar refractivity (Wildman–Crippen MR) is 114 cm³/mol. The Kier molecular flexibility index (Phi) is 7.01. The highest BCUT2D eigenvalue weighted by atomic mass is 35.5. The molecule has 5 nitrogen and oxygen atoms in total. The van der Waals surface area contributed by atoms with Gasteiger partial charge in [-0.15, -0.1) is 0 Å². The Morgan fingerprint density at radius 1 is 1.23 bits per heavy atom. The fraction of sp³-hybridized carbons (Fsp3) is 0.435. The molecular formula is C23H27ClFNO4. The minimum atomic E-state index is -0.543. The number of morpholine rings is 1. The summed E-state index contributed by atoms with van der Waals surface area (Å²) in [5.41, 5.74) is 1.87. The average Bonchev–Trinajstić information content (AvgIpc) is 2.67. The van der Waals surface area contributed by atoms with E-state index in [0.717, 1.165) is 5.56 Å². The van der Waals surface area contributed by atoms with Crippen molar-refractivity contribution in [2.45, 2.75) is 45.5 Å². The molecule has 0 aliphatic carbocycles. The van der Waals surface area contributed by atoms with Crippen LogP contribution >= 0.6 is 11.6 Å². The van der Waals surface area contributed by atoms with Gasteiger partial charge in [-0.05, 0) is 44.0 Å². The third-order valence-corrected chi connectivity index (χ3v) is 5.11. The van der Waals surface area contributed by atoms with Crippen molar-refractivity contribution < 1.29 is 23.8 Å². The van der Waals surface area contributed by atoms with Gasteiger partial charge in [0, 0.05) is 29.1 Å². The summed E-state index contributed by atoms with van der Waals surface area (Å²) in [6.07, 6.45) is 0.0605. The summed E-state index contributed by atoms with van der Waals surface area (Å²) in [6.45, 7) is 6.68. The number of halogens is 2. The van der Waals surface area contributed by atoms with Crippen molar-refractivity contribution in [3.05, 3.63) is 58.4 Å². The zero-order valence-corrected chi connectivity index (χ0v) is 18.2. The molecule has 1 unspecified atom stereocenters. The largest absolute Gasteiger partial charge is 0.444 e. The molecule has 2 aromatic rings. The molecule has 1 saturated heterocycles. The Labute approximate surface area is 181 Å². The minimum absolute atomic E-state index is 0.172. The highest BCUT2D eigenvalue weighted by Gasteiger charge is 2.28. The van der Waals surface area contributed by atoms with E-state index in [1.54, 1.807) is 29.2 Å². The predicted octanol–water partition coefficient (Wildman–Crippen LogP) is 4.82. The van der Waals surface area contributed by atoms with Gasteiger partial charge in [0.15, 0.2) is 0 Å². The Morgan fingerprint density at radius 3 is 2.57 bits per heavy atom. The third-order valence-electron chi connectivity index (χ3n) is 4.79. The highest BCUT2D eigenvalue weighted by molar-refractivity contribution is 6.33. The van der Waals surface area contributed by atoms with Gasteiger partial charge in [-0.2, -0.15) is 0 Å². The van der Waals surface area contributed by atoms with Gasteiger partial charge < -0.3 is 19.5 Å². The van der Waals surface area contributed by atoms with Crippen molar-refractivity contribution in [3.8, 4) is 11.1 Å². The molecular weight excluding hydrogens is 409 g/mol. The summed E-state index contributed by atoms with van der Waals surface area (Å²) in [7, 11) is 0. The standard InChI is InChI=1S/C23H27ClFNO4/c1-23(2,3)30-22(28)26-8-9-29-17(13-26)10-15-4-6-18(20(24)11-15)19-7-5-16(14-27)12-21(19)25/h4-7,11-12,17,27H,8-10,13-14H2,1-3H3. The lowest BCUT2D eigenvalue weighted by Crippen LogP contribution is -2.48. The second-order valence-corrected chi connectivity index (χ2v) is 8.82. The van der Waals surface area contributed by atoms with Crippen molar-refractivity contribution in [2.24, 2.45) is 0 Å². The Morgan fingerprint density at radius 2 is 1.93 bits per heavy atom. The van der Waals surface area contributed by atoms with Crippen LogP contribution in [-0.2, 0) is 22.5 Å². The van der Waals surface area contributed by atoms with Crippen LogP contribution in [0.5, 0.6) is 0 Å². The van der Waals surface area contributed by atoms with Crippen LogP contribution in [-0.4, -0.2) is 47.5 Å². The number of ether oxygens (including phenoxy) is 2. The summed E-state index contributed by atoms with van der Waals surface area (Å²) < 4.78 is 25.6. The van der Waals surface area contributed by atoms with E-state index in [0.29, 0.717) is 47.8 Å². The van der Waals surface area contributed by atoms with Crippen LogP contribution < -0.4 is 0 Å². The van der Waals surface area contributed by atoms with E-state index in [-0.39, 0.29) is 18.8 Å². The number of hydrogen-bond donors (Lipinski definition) is 1. The quantitative estimate of drug-likeness (QED) is 0.748. The van der Waals surface area contributed by atoms with Crippen LogP contribution in [0.4, 0.5) is 9.18 Å². The maximum absolute atomic E-state index is 14.4. The van der Waals surface area contributed by atoms with Gasteiger partial charge in [-0.3, -0.25) is 0 Å². The smallest absolute Gasteiger partial charge is 0.410 e. The van der Waals surface area contributed by atoms with E-state index in [4.69, 9.17) is 26.2 Å². The van der Waals surface area contributed by atoms with Gasteiger partial charge in [0.05, 0.1) is 25.9 Å². The molecule has 2 aromatic carbocycles. The van der Waals surface area contributed by atoms with E-state index < -0.39 is 11.4 Å². The van der Waals surface area contributed by atoms with E-state index in [1.807, 2.05) is 26.8 Å². The first-order valence-electron chi connectivity index (χ1n) is 9.94. The molecule has 1 atom stereocenters. The van der Waals surface area contributed by atoms with E-state index >= 15 is 0 Å². The number of nitrogens with zero attached hydrogens (tertiary/aromatic N) is 1. The van der Waals surface area contributed by atoms with Crippen molar-refractivity contribution in [2.75, 3.05) is 19.7 Å². The maximum Gasteiger partial charge on any atom is 0.410 e. The van der Waals surface area contributed by atoms with Gasteiger partial charge in [0.1, 0.15) is 11.4 Å². The van der Waals surface area contributed by atoms with E-state index in [2.05, 4.69) is 0 Å². The number of rotatable bonds is 4. The zero-order valence-electron chi connectivity index (χ0n) is 17.5. The summed E-state index contributed by atoms with van der Waals surface area (Å²) in [6, 6.07) is 10.1. The summed E-state index contributed by atoms with van der Waals surface area (Å²) >= 11 is 6.44. The van der Waals surface area contributed by atoms with Crippen molar-refractivity contribution in [1.82, 2.24) is 4.90 Å². The van der Waals surface area contributed by atoms with Crippen LogP contribution in [0.15, 0.2) is 36.4 Å². The fourth-order valence-corrected chi connectivity index (χ4v) is 3.68. The van der Waals surface area contributed by atoms with Crippen LogP contribution in [0.2, 0.25) is 5.02 Å². The Balaban J connectivity index is 1.69. The van der Waals surface area contributed by atoms with Gasteiger partial charge in [0.2, 0.25) is 0 Å². The van der Waals surface area contributed by atoms with E-state index in [1.165, 1.54) is 6.07 Å². The van der Waals surface area contributed by atoms with Crippen LogP contribution in [0.3, 0.4) is 0 Å². The molecule has 1 aliphatic heterocycles. The van der Waals surface area contributed by atoms with Gasteiger partial charge >= 0.3 is 6.09 Å². The molecule has 3 rings (SSSR count). The van der Waals surface area contributed by atoms with Crippen molar-refractivity contribution in [1.29, 1.82) is 0 Å². The number of hydrogen-bond acceptors (Lipinski definition) is 4. The number of carbonyl (C=O) groups is 1. The van der Waals surface area contributed by atoms with Crippen LogP contribution in [0, 0.1) is 5.82 Å². The lowest BCUT2D eigenvalue weighted by atomic mass is 9.99. The van der Waals surface area contributed by atoms with Crippen molar-refractivity contribution >= 4 is 17.7 Å². The second-order valence-electron chi connectivity index (χ2n) is 8.41. The molecule has 30 heavy (non-hydrogen) atoms. The fourth-order valence-electron chi connectivity index (χ4n) is 3.38. The highest BCUT2D eigenvalue weighted by Crippen LogP contribution is 2.32. The summed E-state index contributed by atoms with van der Waals surface area (Å²) in [5.74, 6) is -0.431. The Hall–Kier alpha value is -2.15. The number of aliphatic hydroxyl groups excluding tert-OH is 1. The molecule has 0 saturated carbocycles. The summed E-state index contributed by atoms with van der Waals surface area (Å²) in [4.78, 5) is 14.0. The molecule has 1 amide bonds. The SMILES string of the molecule is CC(C)(C)OC(=O)N1CCOC(Cc2ccc(-c3ccc(CO)cc3F)c(Cl)c2)C1. The first kappa shape index (κ1) is 22.5. The number of benzene rings is 2. The third kappa shape index (κ3) is 5.72. The van der Waals surface area contributed by atoms with Gasteiger partial charge in [0.25, 0.3) is 0 Å². The maximum atomic E-state index is 14.4. The monoisotopic (exact) mass is 435 g/mol. The van der Waals surface area contributed by atoms with Crippen molar-refractivity contribution in [3.63, 3.8) is 0 Å². The first-order valence-corrected chi connectivity index (χ1v) is 10.3. The summed E-state index contributed by atoms with van der Waals surface area (Å²) in [5, 5.41) is 9.57. The first-order chi connectivity index (χ1) is 14.2. The molecule has 1 fully saturated rings. The molecule has 0 radical (unpaired) electrons. The molecule has 162 valence electrons. The minimum Gasteiger partial charge on any atom is -0.444 e. The molecule has 1 aliphatic rings. The number of carbonyl (C=O) groups excluding carboxylic acids is 1. The zero-order chi connectivity index (χ0) is 21.9. The van der Waals surface area contributed by atoms with Crippen LogP contribution in [0.1, 0.15) is 31.9 Å². The molecule has 0 spiro atoms. The molecule has 0 bridgehead atoms. The van der Waals surface area contributed by atoms with E-state index in [9.17, 15) is 9.18 Å². The second kappa shape index (κ2) is 9.33. The number of aliphatic hydroxyl groups is 1. The lowest BCUT2D eigenvalue weighted by Gasteiger charge is -2.34. The topological polar surface area (TPSA) is 59.0 Å². The number of amides is 1. The molecule has 7 heteroatoms. The van der Waals surface area contributed by atoms with Gasteiger partial charge in [-0.25, -0.2) is 9.18 Å². The normalized spacial score (nSPS) is 17.1. The molecule has 0 aromatic heterocycles.